The normalized spacial score (nSPS) is 16.8. The largest absolute Gasteiger partial charge is 0.455 e. The van der Waals surface area contributed by atoms with Gasteiger partial charge >= 0.3 is 18.5 Å². The smallest absolute Gasteiger partial charge is 0.432 e. The van der Waals surface area contributed by atoms with Gasteiger partial charge in [0.05, 0.1) is 5.70 Å². The summed E-state index contributed by atoms with van der Waals surface area (Å²) in [6, 6.07) is 5.35. The summed E-state index contributed by atoms with van der Waals surface area (Å²) in [4.78, 5) is 23.6. The third kappa shape index (κ3) is 3.63. The maximum absolute atomic E-state index is 13.5. The minimum absolute atomic E-state index is 0.0919. The Morgan fingerprint density at radius 2 is 1.40 bits per heavy atom. The summed E-state index contributed by atoms with van der Waals surface area (Å²) >= 11 is 0. The molecule has 0 unspecified atom stereocenters. The monoisotopic (exact) mass is 445 g/mol. The Morgan fingerprint density at radius 1 is 0.867 bits per heavy atom. The van der Waals surface area contributed by atoms with Crippen molar-refractivity contribution in [2.45, 2.75) is 24.9 Å². The maximum atomic E-state index is 13.5. The predicted molar refractivity (Wildman–Crippen MR) is 80.1 cm³/mol. The molecule has 2 aliphatic rings. The Hall–Kier alpha value is -2.99. The minimum Gasteiger partial charge on any atom is -0.432 e. The lowest BCUT2D eigenvalue weighted by atomic mass is 9.95. The second-order valence-corrected chi connectivity index (χ2v) is 6.17. The Labute approximate surface area is 161 Å². The number of rotatable bonds is 2. The molecule has 0 fully saturated rings. The molecule has 30 heavy (non-hydrogen) atoms. The first-order valence-electron chi connectivity index (χ1n) is 7.96. The van der Waals surface area contributed by atoms with Crippen LogP contribution in [-0.2, 0) is 20.7 Å². The number of nitrogens with zero attached hydrogens (tertiary/aromatic N) is 1. The van der Waals surface area contributed by atoms with E-state index in [-0.39, 0.29) is 12.0 Å². The molecule has 1 aromatic carbocycles. The van der Waals surface area contributed by atoms with Crippen LogP contribution in [0.3, 0.4) is 0 Å². The first kappa shape index (κ1) is 21.7. The van der Waals surface area contributed by atoms with E-state index in [9.17, 15) is 49.1 Å². The minimum atomic E-state index is -5.97. The van der Waals surface area contributed by atoms with Gasteiger partial charge in [-0.25, -0.2) is 0 Å². The van der Waals surface area contributed by atoms with Gasteiger partial charge < -0.3 is 9.64 Å². The molecule has 2 heterocycles. The molecule has 2 aliphatic heterocycles. The maximum Gasteiger partial charge on any atom is 0.455 e. The fraction of sp³-hybridized carbons (Fsp3) is 0.294. The Morgan fingerprint density at radius 3 is 1.90 bits per heavy atom. The van der Waals surface area contributed by atoms with Crippen molar-refractivity contribution in [3.63, 3.8) is 0 Å². The molecule has 3 rings (SSSR count). The zero-order valence-corrected chi connectivity index (χ0v) is 14.3. The van der Waals surface area contributed by atoms with Crippen LogP contribution in [0.1, 0.15) is 11.1 Å². The summed E-state index contributed by atoms with van der Waals surface area (Å²) in [6.07, 6.45) is -17.4. The van der Waals surface area contributed by atoms with Crippen LogP contribution in [0.25, 0.3) is 5.70 Å². The molecule has 0 saturated heterocycles. The summed E-state index contributed by atoms with van der Waals surface area (Å²) in [5.74, 6) is -10.2. The van der Waals surface area contributed by atoms with Gasteiger partial charge in [-0.1, -0.05) is 24.3 Å². The third-order valence-corrected chi connectivity index (χ3v) is 4.25. The lowest BCUT2D eigenvalue weighted by Crippen LogP contribution is -2.38. The van der Waals surface area contributed by atoms with Crippen molar-refractivity contribution < 1.29 is 53.8 Å². The number of hydrogen-bond donors (Lipinski definition) is 0. The number of ketones is 2. The highest BCUT2D eigenvalue weighted by Crippen LogP contribution is 2.48. The fourth-order valence-corrected chi connectivity index (χ4v) is 3.07. The molecule has 4 nitrogen and oxygen atoms in total. The van der Waals surface area contributed by atoms with Crippen LogP contribution in [0.2, 0.25) is 0 Å². The summed E-state index contributed by atoms with van der Waals surface area (Å²) in [6.45, 7) is -0.555. The van der Waals surface area contributed by atoms with E-state index in [1.54, 1.807) is 0 Å². The van der Waals surface area contributed by atoms with Gasteiger partial charge in [0.15, 0.2) is 0 Å². The first-order valence-corrected chi connectivity index (χ1v) is 7.96. The zero-order valence-electron chi connectivity index (χ0n) is 14.3. The molecular formula is C17H8F9NO3. The molecule has 162 valence electrons. The Bertz CT molecular complexity index is 955. The lowest BCUT2D eigenvalue weighted by molar-refractivity contribution is -0.176. The molecule has 0 aromatic heterocycles. The second-order valence-electron chi connectivity index (χ2n) is 6.17. The number of Topliss-reactive ketones (excluding diaryl/α,β-unsaturated/α-hetero) is 2. The Kier molecular flexibility index (Phi) is 4.90. The third-order valence-electron chi connectivity index (χ3n) is 4.25. The summed E-state index contributed by atoms with van der Waals surface area (Å²) in [5.41, 5.74) is -3.28. The summed E-state index contributed by atoms with van der Waals surface area (Å²) in [7, 11) is 0. The number of carbonyl (C=O) groups is 2. The van der Waals surface area contributed by atoms with Gasteiger partial charge in [-0.05, 0) is 12.0 Å². The van der Waals surface area contributed by atoms with Crippen molar-refractivity contribution in [3.05, 3.63) is 52.6 Å². The van der Waals surface area contributed by atoms with Crippen molar-refractivity contribution in [3.8, 4) is 0 Å². The molecule has 0 aliphatic carbocycles. The van der Waals surface area contributed by atoms with Crippen molar-refractivity contribution in [2.75, 3.05) is 6.54 Å². The molecule has 0 saturated carbocycles. The molecule has 0 bridgehead atoms. The molecule has 13 heteroatoms. The number of hydrogen-bond acceptors (Lipinski definition) is 4. The van der Waals surface area contributed by atoms with E-state index in [1.165, 1.54) is 18.2 Å². The number of allylic oxidation sites excluding steroid dienone is 2. The predicted octanol–water partition coefficient (Wildman–Crippen LogP) is 4.28. The highest BCUT2D eigenvalue weighted by atomic mass is 19.4. The highest BCUT2D eigenvalue weighted by Gasteiger charge is 2.56. The van der Waals surface area contributed by atoms with Crippen molar-refractivity contribution in [1.82, 2.24) is 4.90 Å². The average molecular weight is 445 g/mol. The molecule has 1 aromatic rings. The average Bonchev–Trinajstić information content (AvgIpc) is 3.00. The second kappa shape index (κ2) is 6.77. The number of ether oxygens (including phenoxy) is 1. The van der Waals surface area contributed by atoms with E-state index >= 15 is 0 Å². The van der Waals surface area contributed by atoms with Gasteiger partial charge in [-0.3, -0.25) is 9.59 Å². The van der Waals surface area contributed by atoms with Crippen LogP contribution in [0.15, 0.2) is 41.5 Å². The van der Waals surface area contributed by atoms with Crippen LogP contribution in [0, 0.1) is 0 Å². The zero-order chi connectivity index (χ0) is 22.6. The van der Waals surface area contributed by atoms with Crippen molar-refractivity contribution in [1.29, 1.82) is 0 Å². The number of halogens is 9. The molecular weight excluding hydrogens is 437 g/mol. The molecule has 0 spiro atoms. The van der Waals surface area contributed by atoms with Crippen LogP contribution >= 0.6 is 0 Å². The topological polar surface area (TPSA) is 46.6 Å². The number of alkyl halides is 9. The van der Waals surface area contributed by atoms with E-state index < -0.39 is 59.6 Å². The van der Waals surface area contributed by atoms with Crippen molar-refractivity contribution >= 4 is 17.3 Å². The quantitative estimate of drug-likeness (QED) is 0.295. The number of fused-ring (bicyclic) bond motifs is 3. The lowest BCUT2D eigenvalue weighted by Gasteiger charge is -2.29. The highest BCUT2D eigenvalue weighted by molar-refractivity contribution is 6.24. The van der Waals surface area contributed by atoms with Gasteiger partial charge in [0.25, 0.3) is 11.6 Å². The number of carbonyl (C=O) groups excluding carboxylic acids is 2. The van der Waals surface area contributed by atoms with Gasteiger partial charge in [-0.15, -0.1) is 0 Å². The van der Waals surface area contributed by atoms with Gasteiger partial charge in [0.2, 0.25) is 11.6 Å². The SMILES string of the molecule is O=C(C(C(=O)C(F)(F)F)=C1OC(C(F)(F)F)=C2c3ccccc3CCN12)C(F)(F)F. The standard InChI is InChI=1S/C17H8F9NO3/c18-15(19,20)11(28)9(12(29)16(21,22)23)14-27-6-5-7-3-1-2-4-8(7)10(27)13(30-14)17(24,25)26/h1-4H,5-6H2. The molecule has 0 atom stereocenters. The van der Waals surface area contributed by atoms with Gasteiger partial charge in [-0.2, -0.15) is 39.5 Å². The molecule has 0 amide bonds. The Balaban J connectivity index is 2.30. The van der Waals surface area contributed by atoms with Crippen LogP contribution in [0.5, 0.6) is 0 Å². The van der Waals surface area contributed by atoms with Crippen LogP contribution in [-0.4, -0.2) is 41.5 Å². The van der Waals surface area contributed by atoms with E-state index in [2.05, 4.69) is 4.74 Å². The van der Waals surface area contributed by atoms with E-state index in [1.807, 2.05) is 0 Å². The van der Waals surface area contributed by atoms with Crippen LogP contribution < -0.4 is 0 Å². The van der Waals surface area contributed by atoms with E-state index in [4.69, 9.17) is 0 Å². The first-order chi connectivity index (χ1) is 13.6. The summed E-state index contributed by atoms with van der Waals surface area (Å²) < 4.78 is 122. The van der Waals surface area contributed by atoms with E-state index in [0.29, 0.717) is 10.5 Å². The molecule has 0 radical (unpaired) electrons. The fourth-order valence-electron chi connectivity index (χ4n) is 3.07. The van der Waals surface area contributed by atoms with E-state index in [0.717, 1.165) is 6.07 Å². The van der Waals surface area contributed by atoms with Gasteiger partial charge in [0, 0.05) is 12.1 Å². The van der Waals surface area contributed by atoms with Gasteiger partial charge in [0.1, 0.15) is 5.57 Å². The summed E-state index contributed by atoms with van der Waals surface area (Å²) in [5, 5.41) is 0. The number of benzene rings is 1. The van der Waals surface area contributed by atoms with Crippen LogP contribution in [0.4, 0.5) is 39.5 Å². The molecule has 0 N–H and O–H groups in total. The van der Waals surface area contributed by atoms with Crippen molar-refractivity contribution in [2.24, 2.45) is 0 Å².